The van der Waals surface area contributed by atoms with Crippen molar-refractivity contribution < 1.29 is 19.0 Å². The third-order valence-electron chi connectivity index (χ3n) is 3.43. The number of hydrogen-bond donors (Lipinski definition) is 0. The quantitative estimate of drug-likeness (QED) is 0.209. The summed E-state index contributed by atoms with van der Waals surface area (Å²) >= 11 is 23.5. The summed E-state index contributed by atoms with van der Waals surface area (Å²) < 4.78 is 17.0. The van der Waals surface area contributed by atoms with Gasteiger partial charge in [0.05, 0.1) is 29.5 Å². The van der Waals surface area contributed by atoms with Gasteiger partial charge in [-0.15, -0.1) is 0 Å². The molecule has 0 saturated heterocycles. The Morgan fingerprint density at radius 3 is 2.38 bits per heavy atom. The van der Waals surface area contributed by atoms with Crippen molar-refractivity contribution in [3.8, 4) is 17.2 Å². The molecule has 0 heterocycles. The Labute approximate surface area is 189 Å². The molecule has 0 aliphatic heterocycles. The Bertz CT molecular complexity index is 831. The topological polar surface area (TPSA) is 49.3 Å². The largest absolute Gasteiger partial charge is 0.493 e. The lowest BCUT2D eigenvalue weighted by atomic mass is 10.2. The van der Waals surface area contributed by atoms with Crippen molar-refractivity contribution in [1.82, 2.24) is 0 Å². The normalized spacial score (nSPS) is 10.7. The lowest BCUT2D eigenvalue weighted by molar-refractivity contribution is 0.215. The predicted octanol–water partition coefficient (Wildman–Crippen LogP) is 6.52. The average Bonchev–Trinajstić information content (AvgIpc) is 2.68. The van der Waals surface area contributed by atoms with Gasteiger partial charge in [0.2, 0.25) is 0 Å². The van der Waals surface area contributed by atoms with Crippen molar-refractivity contribution in [3.63, 3.8) is 0 Å². The first-order valence-electron chi connectivity index (χ1n) is 8.55. The molecule has 2 aromatic rings. The maximum Gasteiger partial charge on any atom is 0.156 e. The highest BCUT2D eigenvalue weighted by Gasteiger charge is 2.10. The molecule has 9 heteroatoms. The molecule has 0 aromatic heterocycles. The summed E-state index contributed by atoms with van der Waals surface area (Å²) in [7, 11) is 1.49. The van der Waals surface area contributed by atoms with Crippen LogP contribution in [0.15, 0.2) is 52.1 Å². The van der Waals surface area contributed by atoms with E-state index in [-0.39, 0.29) is 11.1 Å². The number of nitrogens with zero attached hydrogens (tertiary/aromatic N) is 1. The van der Waals surface area contributed by atoms with Crippen LogP contribution in [0.2, 0.25) is 10.0 Å². The van der Waals surface area contributed by atoms with E-state index in [4.69, 9.17) is 60.6 Å². The molecule has 0 amide bonds. The highest BCUT2D eigenvalue weighted by molar-refractivity contribution is 6.55. The first kappa shape index (κ1) is 23.5. The summed E-state index contributed by atoms with van der Waals surface area (Å²) in [4.78, 5) is 4.67. The van der Waals surface area contributed by atoms with Crippen molar-refractivity contribution in [3.05, 3.63) is 62.6 Å². The van der Waals surface area contributed by atoms with Crippen molar-refractivity contribution in [2.75, 3.05) is 26.9 Å². The summed E-state index contributed by atoms with van der Waals surface area (Å²) in [6.07, 6.45) is 3.75. The SMILES string of the molecule is CO/N=C/c1cccc(OCCCOc2c(Cl)cc(OCC=C(Cl)Cl)cc2Cl)c1. The molecule has 156 valence electrons. The van der Waals surface area contributed by atoms with E-state index < -0.39 is 0 Å². The summed E-state index contributed by atoms with van der Waals surface area (Å²) in [6.45, 7) is 1.05. The van der Waals surface area contributed by atoms with Crippen LogP contribution in [0.5, 0.6) is 17.2 Å². The zero-order chi connectivity index (χ0) is 21.1. The van der Waals surface area contributed by atoms with E-state index in [0.29, 0.717) is 41.2 Å². The minimum Gasteiger partial charge on any atom is -0.493 e. The highest BCUT2D eigenvalue weighted by atomic mass is 35.5. The first-order chi connectivity index (χ1) is 14.0. The second-order valence-corrected chi connectivity index (χ2v) is 7.38. The van der Waals surface area contributed by atoms with Gasteiger partial charge in [0.1, 0.15) is 29.7 Å². The zero-order valence-corrected chi connectivity index (χ0v) is 18.6. The van der Waals surface area contributed by atoms with Crippen LogP contribution < -0.4 is 14.2 Å². The number of halogens is 4. The first-order valence-corrected chi connectivity index (χ1v) is 10.1. The molecule has 0 spiro atoms. The Balaban J connectivity index is 1.80. The van der Waals surface area contributed by atoms with E-state index in [9.17, 15) is 0 Å². The van der Waals surface area contributed by atoms with Gasteiger partial charge in [-0.25, -0.2) is 0 Å². The molecule has 0 fully saturated rings. The van der Waals surface area contributed by atoms with Crippen molar-refractivity contribution in [2.45, 2.75) is 6.42 Å². The van der Waals surface area contributed by atoms with Crippen LogP contribution in [0.4, 0.5) is 0 Å². The minimum absolute atomic E-state index is 0.124. The maximum atomic E-state index is 6.23. The van der Waals surface area contributed by atoms with E-state index in [1.54, 1.807) is 18.3 Å². The van der Waals surface area contributed by atoms with Crippen LogP contribution >= 0.6 is 46.4 Å². The van der Waals surface area contributed by atoms with E-state index in [0.717, 1.165) is 11.3 Å². The van der Waals surface area contributed by atoms with Gasteiger partial charge in [-0.1, -0.05) is 63.7 Å². The fourth-order valence-electron chi connectivity index (χ4n) is 2.18. The van der Waals surface area contributed by atoms with Crippen molar-refractivity contribution in [1.29, 1.82) is 0 Å². The van der Waals surface area contributed by atoms with Gasteiger partial charge in [0.25, 0.3) is 0 Å². The van der Waals surface area contributed by atoms with E-state index in [1.165, 1.54) is 13.2 Å². The van der Waals surface area contributed by atoms with E-state index in [2.05, 4.69) is 9.99 Å². The number of oxime groups is 1. The predicted molar refractivity (Wildman–Crippen MR) is 118 cm³/mol. The van der Waals surface area contributed by atoms with Crippen LogP contribution in [0, 0.1) is 0 Å². The third-order valence-corrected chi connectivity index (χ3v) is 4.30. The molecule has 0 bridgehead atoms. The van der Waals surface area contributed by atoms with Gasteiger partial charge in [0.15, 0.2) is 5.75 Å². The lowest BCUT2D eigenvalue weighted by Crippen LogP contribution is -2.06. The van der Waals surface area contributed by atoms with Crippen LogP contribution in [-0.2, 0) is 4.84 Å². The van der Waals surface area contributed by atoms with Crippen LogP contribution in [0.25, 0.3) is 0 Å². The lowest BCUT2D eigenvalue weighted by Gasteiger charge is -2.12. The Morgan fingerprint density at radius 2 is 1.69 bits per heavy atom. The zero-order valence-electron chi connectivity index (χ0n) is 15.5. The molecular formula is C20H19Cl4NO4. The molecule has 2 rings (SSSR count). The Hall–Kier alpha value is -1.79. The van der Waals surface area contributed by atoms with Crippen LogP contribution in [0.1, 0.15) is 12.0 Å². The van der Waals surface area contributed by atoms with Crippen LogP contribution in [-0.4, -0.2) is 33.1 Å². The average molecular weight is 479 g/mol. The molecule has 5 nitrogen and oxygen atoms in total. The van der Waals surface area contributed by atoms with Gasteiger partial charge in [-0.2, -0.15) is 0 Å². The molecule has 0 atom stereocenters. The summed E-state index contributed by atoms with van der Waals surface area (Å²) in [5.74, 6) is 1.61. The second-order valence-electron chi connectivity index (χ2n) is 5.56. The fourth-order valence-corrected chi connectivity index (χ4v) is 2.88. The monoisotopic (exact) mass is 477 g/mol. The van der Waals surface area contributed by atoms with Gasteiger partial charge in [-0.05, 0) is 23.8 Å². The standard InChI is InChI=1S/C20H19Cl4NO4/c1-26-25-13-14-4-2-5-15(10-14)27-7-3-8-29-20-17(21)11-16(12-18(20)22)28-9-6-19(23)24/h2,4-6,10-13H,3,7-9H2,1H3/b25-13+. The summed E-state index contributed by atoms with van der Waals surface area (Å²) in [5, 5.41) is 4.42. The number of ether oxygens (including phenoxy) is 3. The molecule has 0 N–H and O–H groups in total. The van der Waals surface area contributed by atoms with Crippen LogP contribution in [0.3, 0.4) is 0 Å². The van der Waals surface area contributed by atoms with Crippen molar-refractivity contribution in [2.24, 2.45) is 5.16 Å². The molecule has 0 unspecified atom stereocenters. The molecule has 0 saturated carbocycles. The number of benzene rings is 2. The molecule has 0 aliphatic carbocycles. The molecule has 0 aliphatic rings. The van der Waals surface area contributed by atoms with Gasteiger partial charge in [0, 0.05) is 18.6 Å². The minimum atomic E-state index is 0.124. The number of rotatable bonds is 11. The molecular weight excluding hydrogens is 460 g/mol. The highest BCUT2D eigenvalue weighted by Crippen LogP contribution is 2.37. The third kappa shape index (κ3) is 8.62. The van der Waals surface area contributed by atoms with Gasteiger partial charge >= 0.3 is 0 Å². The Morgan fingerprint density at radius 1 is 0.966 bits per heavy atom. The molecule has 0 radical (unpaired) electrons. The van der Waals surface area contributed by atoms with E-state index >= 15 is 0 Å². The summed E-state index contributed by atoms with van der Waals surface area (Å²) in [5.41, 5.74) is 0.880. The van der Waals surface area contributed by atoms with Crippen molar-refractivity contribution >= 4 is 52.6 Å². The Kier molecular flexibility index (Phi) is 10.3. The van der Waals surface area contributed by atoms with Gasteiger partial charge in [-0.3, -0.25) is 0 Å². The van der Waals surface area contributed by atoms with Gasteiger partial charge < -0.3 is 19.0 Å². The number of hydrogen-bond acceptors (Lipinski definition) is 5. The fraction of sp³-hybridized carbons (Fsp3) is 0.250. The maximum absolute atomic E-state index is 6.23. The second kappa shape index (κ2) is 12.7. The molecule has 2 aromatic carbocycles. The smallest absolute Gasteiger partial charge is 0.156 e. The molecule has 29 heavy (non-hydrogen) atoms. The van der Waals surface area contributed by atoms with E-state index in [1.807, 2.05) is 24.3 Å². The summed E-state index contributed by atoms with van der Waals surface area (Å²) in [6, 6.07) is 10.7.